The molecular formula is C26H29N3O3. The molecule has 6 nitrogen and oxygen atoms in total. The molecule has 3 aliphatic rings. The van der Waals surface area contributed by atoms with E-state index in [1.807, 2.05) is 24.3 Å². The van der Waals surface area contributed by atoms with Crippen molar-refractivity contribution in [2.75, 3.05) is 23.6 Å². The second-order valence-electron chi connectivity index (χ2n) is 10.1. The fourth-order valence-corrected chi connectivity index (χ4v) is 5.03. The number of nitriles is 1. The van der Waals surface area contributed by atoms with Gasteiger partial charge in [0.2, 0.25) is 12.7 Å². The molecule has 0 spiro atoms. The van der Waals surface area contributed by atoms with Crippen LogP contribution in [-0.2, 0) is 16.6 Å². The van der Waals surface area contributed by atoms with Crippen LogP contribution >= 0.6 is 0 Å². The minimum Gasteiger partial charge on any atom is -0.454 e. The number of carbonyl (C=O) groups excluding carboxylic acids is 1. The molecule has 2 aromatic rings. The lowest BCUT2D eigenvalue weighted by molar-refractivity contribution is -0.118. The van der Waals surface area contributed by atoms with E-state index in [-0.39, 0.29) is 18.1 Å². The molecule has 2 aliphatic heterocycles. The summed E-state index contributed by atoms with van der Waals surface area (Å²) in [6.45, 7) is 7.69. The Kier molecular flexibility index (Phi) is 4.81. The lowest BCUT2D eigenvalue weighted by atomic mass is 9.84. The van der Waals surface area contributed by atoms with Crippen LogP contribution in [0.5, 0.6) is 11.5 Å². The first-order valence-electron chi connectivity index (χ1n) is 11.3. The molecule has 1 atom stereocenters. The van der Waals surface area contributed by atoms with Gasteiger partial charge in [0.1, 0.15) is 0 Å². The Morgan fingerprint density at radius 3 is 2.69 bits per heavy atom. The third-order valence-electron chi connectivity index (χ3n) is 7.01. The topological polar surface area (TPSA) is 74.6 Å². The molecular weight excluding hydrogens is 402 g/mol. The maximum Gasteiger partial charge on any atom is 0.235 e. The molecule has 0 bridgehead atoms. The maximum atomic E-state index is 13.3. The predicted molar refractivity (Wildman–Crippen MR) is 123 cm³/mol. The van der Waals surface area contributed by atoms with Crippen molar-refractivity contribution in [2.24, 2.45) is 5.41 Å². The van der Waals surface area contributed by atoms with Crippen LogP contribution in [0.2, 0.25) is 0 Å². The van der Waals surface area contributed by atoms with Crippen molar-refractivity contribution in [3.63, 3.8) is 0 Å². The summed E-state index contributed by atoms with van der Waals surface area (Å²) < 4.78 is 10.9. The summed E-state index contributed by atoms with van der Waals surface area (Å²) in [4.78, 5) is 15.7. The molecule has 2 aromatic carbocycles. The predicted octanol–water partition coefficient (Wildman–Crippen LogP) is 4.78. The van der Waals surface area contributed by atoms with Gasteiger partial charge in [-0.15, -0.1) is 0 Å². The number of amides is 1. The van der Waals surface area contributed by atoms with E-state index >= 15 is 0 Å². The average molecular weight is 432 g/mol. The zero-order valence-electron chi connectivity index (χ0n) is 18.9. The van der Waals surface area contributed by atoms with E-state index in [9.17, 15) is 4.79 Å². The first-order chi connectivity index (χ1) is 15.3. The summed E-state index contributed by atoms with van der Waals surface area (Å²) in [7, 11) is 0. The minimum absolute atomic E-state index is 0.0306. The highest BCUT2D eigenvalue weighted by Gasteiger charge is 2.51. The van der Waals surface area contributed by atoms with Gasteiger partial charge in [-0.2, -0.15) is 5.26 Å². The van der Waals surface area contributed by atoms with Crippen molar-refractivity contribution in [3.05, 3.63) is 47.5 Å². The number of hydrogen-bond acceptors (Lipinski definition) is 5. The zero-order chi connectivity index (χ0) is 22.5. The second kappa shape index (κ2) is 7.44. The lowest BCUT2D eigenvalue weighted by Gasteiger charge is -2.36. The Labute approximate surface area is 189 Å². The number of hydrogen-bond donors (Lipinski definition) is 1. The smallest absolute Gasteiger partial charge is 0.235 e. The van der Waals surface area contributed by atoms with Gasteiger partial charge in [0.25, 0.3) is 0 Å². The van der Waals surface area contributed by atoms with Crippen molar-refractivity contribution in [1.29, 1.82) is 5.26 Å². The molecule has 1 unspecified atom stereocenters. The summed E-state index contributed by atoms with van der Waals surface area (Å²) >= 11 is 0. The molecule has 166 valence electrons. The van der Waals surface area contributed by atoms with Crippen molar-refractivity contribution < 1.29 is 14.3 Å². The number of ether oxygens (including phenoxy) is 2. The van der Waals surface area contributed by atoms with Gasteiger partial charge in [0, 0.05) is 24.0 Å². The van der Waals surface area contributed by atoms with E-state index in [0.29, 0.717) is 18.2 Å². The Balaban J connectivity index is 1.36. The molecule has 2 heterocycles. The third kappa shape index (κ3) is 3.46. The van der Waals surface area contributed by atoms with Gasteiger partial charge in [0.05, 0.1) is 17.9 Å². The third-order valence-corrected chi connectivity index (χ3v) is 7.01. The molecule has 32 heavy (non-hydrogen) atoms. The lowest BCUT2D eigenvalue weighted by Crippen LogP contribution is -2.42. The van der Waals surface area contributed by atoms with Gasteiger partial charge in [0.15, 0.2) is 11.5 Å². The number of benzene rings is 2. The number of nitrogens with one attached hydrogen (secondary N) is 1. The fourth-order valence-electron chi connectivity index (χ4n) is 5.03. The molecule has 0 saturated heterocycles. The van der Waals surface area contributed by atoms with Gasteiger partial charge < -0.3 is 19.7 Å². The zero-order valence-corrected chi connectivity index (χ0v) is 18.9. The fraction of sp³-hybridized carbons (Fsp3) is 0.462. The van der Waals surface area contributed by atoms with Crippen LogP contribution in [0.4, 0.5) is 11.4 Å². The maximum absolute atomic E-state index is 13.3. The molecule has 0 radical (unpaired) electrons. The van der Waals surface area contributed by atoms with E-state index in [1.54, 1.807) is 0 Å². The Morgan fingerprint density at radius 1 is 1.19 bits per heavy atom. The van der Waals surface area contributed by atoms with E-state index in [4.69, 9.17) is 14.7 Å². The normalized spacial score (nSPS) is 19.9. The first kappa shape index (κ1) is 20.7. The minimum atomic E-state index is -0.493. The highest BCUT2D eigenvalue weighted by atomic mass is 16.7. The summed E-state index contributed by atoms with van der Waals surface area (Å²) in [5, 5.41) is 12.3. The van der Waals surface area contributed by atoms with Crippen LogP contribution in [0.15, 0.2) is 36.4 Å². The van der Waals surface area contributed by atoms with E-state index in [2.05, 4.69) is 49.2 Å². The van der Waals surface area contributed by atoms with Crippen molar-refractivity contribution in [2.45, 2.75) is 57.9 Å². The van der Waals surface area contributed by atoms with Crippen LogP contribution in [0.3, 0.4) is 0 Å². The Bertz CT molecular complexity index is 1110. The SMILES string of the molecule is CC(C)(C)C1Cc2cc(NC(=O)C3(c4ccc5c(c4)OCO5)CC3)ccc2N1CCC#N. The molecule has 6 heteroatoms. The molecule has 1 N–H and O–H groups in total. The Morgan fingerprint density at radius 2 is 1.97 bits per heavy atom. The number of rotatable bonds is 5. The van der Waals surface area contributed by atoms with E-state index in [1.165, 1.54) is 11.3 Å². The first-order valence-corrected chi connectivity index (χ1v) is 11.3. The summed E-state index contributed by atoms with van der Waals surface area (Å²) in [6.07, 6.45) is 3.08. The van der Waals surface area contributed by atoms with Gasteiger partial charge in [-0.1, -0.05) is 26.8 Å². The molecule has 1 fully saturated rings. The number of nitrogens with zero attached hydrogens (tertiary/aromatic N) is 2. The van der Waals surface area contributed by atoms with E-state index in [0.717, 1.165) is 42.8 Å². The van der Waals surface area contributed by atoms with Crippen LogP contribution in [0.1, 0.15) is 51.2 Å². The monoisotopic (exact) mass is 431 g/mol. The quantitative estimate of drug-likeness (QED) is 0.738. The molecule has 0 aromatic heterocycles. The van der Waals surface area contributed by atoms with Gasteiger partial charge >= 0.3 is 0 Å². The summed E-state index contributed by atoms with van der Waals surface area (Å²) in [5.41, 5.74) is 3.82. The van der Waals surface area contributed by atoms with Gasteiger partial charge in [-0.3, -0.25) is 4.79 Å². The number of carbonyl (C=O) groups is 1. The van der Waals surface area contributed by atoms with Crippen molar-refractivity contribution in [1.82, 2.24) is 0 Å². The second-order valence-corrected chi connectivity index (χ2v) is 10.1. The van der Waals surface area contributed by atoms with Crippen LogP contribution in [-0.4, -0.2) is 25.3 Å². The molecule has 5 rings (SSSR count). The van der Waals surface area contributed by atoms with Crippen LogP contribution in [0.25, 0.3) is 0 Å². The molecule has 1 aliphatic carbocycles. The molecule has 1 amide bonds. The van der Waals surface area contributed by atoms with Crippen LogP contribution < -0.4 is 19.7 Å². The number of anilines is 2. The highest BCUT2D eigenvalue weighted by molar-refractivity contribution is 6.01. The Hall–Kier alpha value is -3.20. The van der Waals surface area contributed by atoms with Gasteiger partial charge in [-0.25, -0.2) is 0 Å². The largest absolute Gasteiger partial charge is 0.454 e. The van der Waals surface area contributed by atoms with E-state index < -0.39 is 5.41 Å². The van der Waals surface area contributed by atoms with Gasteiger partial charge in [-0.05, 0) is 66.1 Å². The van der Waals surface area contributed by atoms with Crippen LogP contribution in [0, 0.1) is 16.7 Å². The average Bonchev–Trinajstić information content (AvgIpc) is 3.29. The highest BCUT2D eigenvalue weighted by Crippen LogP contribution is 2.51. The van der Waals surface area contributed by atoms with Crippen molar-refractivity contribution in [3.8, 4) is 17.6 Å². The van der Waals surface area contributed by atoms with Crippen molar-refractivity contribution >= 4 is 17.3 Å². The summed E-state index contributed by atoms with van der Waals surface area (Å²) in [5.74, 6) is 1.48. The number of fused-ring (bicyclic) bond motifs is 2. The summed E-state index contributed by atoms with van der Waals surface area (Å²) in [6, 6.07) is 14.6. The molecule has 1 saturated carbocycles. The standard InChI is InChI=1S/C26H29N3O3/c1-25(2,3)23-14-17-13-19(6-7-20(17)29(23)12-4-11-27)28-24(30)26(9-10-26)18-5-8-21-22(15-18)32-16-31-21/h5-8,13,15,23H,4,9-10,12,14,16H2,1-3H3,(H,28,30).